The van der Waals surface area contributed by atoms with E-state index in [-0.39, 0.29) is 5.91 Å². The van der Waals surface area contributed by atoms with Crippen LogP contribution in [0.4, 0.5) is 23.1 Å². The van der Waals surface area contributed by atoms with Gasteiger partial charge in [0.25, 0.3) is 5.91 Å². The molecule has 0 atom stereocenters. The van der Waals surface area contributed by atoms with Crippen LogP contribution in [0.1, 0.15) is 17.3 Å². The second-order valence-electron chi connectivity index (χ2n) is 5.46. The number of hydrogen-bond acceptors (Lipinski definition) is 5. The molecule has 2 aromatic carbocycles. The summed E-state index contributed by atoms with van der Waals surface area (Å²) in [6, 6.07) is 16.4. The Morgan fingerprint density at radius 3 is 2.58 bits per heavy atom. The Morgan fingerprint density at radius 2 is 1.85 bits per heavy atom. The Labute approximate surface area is 160 Å². The van der Waals surface area contributed by atoms with Crippen LogP contribution in [-0.4, -0.2) is 22.4 Å². The van der Waals surface area contributed by atoms with Crippen molar-refractivity contribution in [2.24, 2.45) is 0 Å². The fourth-order valence-corrected chi connectivity index (χ4v) is 2.70. The molecule has 0 aliphatic heterocycles. The molecule has 0 aliphatic rings. The summed E-state index contributed by atoms with van der Waals surface area (Å²) in [5, 5.41) is 9.16. The van der Waals surface area contributed by atoms with Gasteiger partial charge in [-0.15, -0.1) is 0 Å². The monoisotopic (exact) mass is 411 g/mol. The van der Waals surface area contributed by atoms with Crippen molar-refractivity contribution in [3.05, 3.63) is 70.8 Å². The Balaban J connectivity index is 1.65. The van der Waals surface area contributed by atoms with Gasteiger partial charge in [-0.05, 0) is 55.5 Å². The van der Waals surface area contributed by atoms with Gasteiger partial charge in [-0.25, -0.2) is 4.98 Å². The number of nitrogens with zero attached hydrogens (tertiary/aromatic N) is 2. The summed E-state index contributed by atoms with van der Waals surface area (Å²) in [5.74, 6) is 1.12. The first-order valence-electron chi connectivity index (χ1n) is 8.15. The molecule has 26 heavy (non-hydrogen) atoms. The van der Waals surface area contributed by atoms with Crippen molar-refractivity contribution < 1.29 is 4.79 Å². The van der Waals surface area contributed by atoms with Crippen molar-refractivity contribution in [2.45, 2.75) is 6.92 Å². The molecule has 0 aliphatic carbocycles. The highest BCUT2D eigenvalue weighted by atomic mass is 79.9. The number of amides is 1. The maximum atomic E-state index is 12.3. The first kappa shape index (κ1) is 17.9. The van der Waals surface area contributed by atoms with Crippen molar-refractivity contribution >= 4 is 45.0 Å². The zero-order valence-corrected chi connectivity index (χ0v) is 15.7. The molecule has 1 aromatic heterocycles. The third-order valence-electron chi connectivity index (χ3n) is 3.50. The van der Waals surface area contributed by atoms with Gasteiger partial charge >= 0.3 is 0 Å². The van der Waals surface area contributed by atoms with Gasteiger partial charge in [-0.2, -0.15) is 4.98 Å². The van der Waals surface area contributed by atoms with Crippen molar-refractivity contribution in [1.82, 2.24) is 9.97 Å². The molecule has 0 saturated carbocycles. The van der Waals surface area contributed by atoms with E-state index in [9.17, 15) is 4.79 Å². The van der Waals surface area contributed by atoms with Gasteiger partial charge in [-0.1, -0.05) is 22.0 Å². The van der Waals surface area contributed by atoms with Crippen molar-refractivity contribution in [3.63, 3.8) is 0 Å². The maximum absolute atomic E-state index is 12.3. The smallest absolute Gasteiger partial charge is 0.255 e. The van der Waals surface area contributed by atoms with E-state index >= 15 is 0 Å². The summed E-state index contributed by atoms with van der Waals surface area (Å²) in [6.07, 6.45) is 1.69. The average Bonchev–Trinajstić information content (AvgIpc) is 2.64. The molecule has 3 N–H and O–H groups in total. The molecule has 1 amide bonds. The minimum Gasteiger partial charge on any atom is -0.370 e. The molecule has 0 unspecified atom stereocenters. The number of anilines is 4. The Hall–Kier alpha value is -2.93. The van der Waals surface area contributed by atoms with Gasteiger partial charge in [0.1, 0.15) is 5.82 Å². The fourth-order valence-electron chi connectivity index (χ4n) is 2.30. The van der Waals surface area contributed by atoms with E-state index in [1.165, 1.54) is 0 Å². The molecule has 0 fully saturated rings. The van der Waals surface area contributed by atoms with Crippen LogP contribution >= 0.6 is 15.9 Å². The summed E-state index contributed by atoms with van der Waals surface area (Å²) >= 11 is 3.37. The lowest BCUT2D eigenvalue weighted by atomic mass is 10.2. The normalized spacial score (nSPS) is 10.2. The van der Waals surface area contributed by atoms with Crippen molar-refractivity contribution in [3.8, 4) is 0 Å². The summed E-state index contributed by atoms with van der Waals surface area (Å²) in [5.41, 5.74) is 2.14. The van der Waals surface area contributed by atoms with Gasteiger partial charge in [0.2, 0.25) is 5.95 Å². The highest BCUT2D eigenvalue weighted by Gasteiger charge is 2.06. The molecule has 0 saturated heterocycles. The third kappa shape index (κ3) is 4.80. The van der Waals surface area contributed by atoms with E-state index in [0.717, 1.165) is 22.5 Å². The van der Waals surface area contributed by atoms with Crippen LogP contribution in [0.25, 0.3) is 0 Å². The average molecular weight is 412 g/mol. The Kier molecular flexibility index (Phi) is 5.80. The topological polar surface area (TPSA) is 78.9 Å². The minimum absolute atomic E-state index is 0.159. The van der Waals surface area contributed by atoms with Gasteiger partial charge in [-0.3, -0.25) is 4.79 Å². The van der Waals surface area contributed by atoms with Gasteiger partial charge < -0.3 is 16.0 Å². The van der Waals surface area contributed by atoms with E-state index < -0.39 is 0 Å². The van der Waals surface area contributed by atoms with Crippen molar-refractivity contribution in [2.75, 3.05) is 22.5 Å². The molecule has 1 heterocycles. The number of rotatable bonds is 6. The molecular weight excluding hydrogens is 394 g/mol. The first-order valence-corrected chi connectivity index (χ1v) is 8.94. The number of aromatic nitrogens is 2. The first-order chi connectivity index (χ1) is 12.6. The predicted octanol–water partition coefficient (Wildman–Crippen LogP) is 4.67. The van der Waals surface area contributed by atoms with Crippen LogP contribution in [-0.2, 0) is 0 Å². The second-order valence-corrected chi connectivity index (χ2v) is 6.38. The zero-order valence-electron chi connectivity index (χ0n) is 14.2. The van der Waals surface area contributed by atoms with Crippen LogP contribution in [0.5, 0.6) is 0 Å². The molecular formula is C19H18BrN5O. The number of halogens is 1. The van der Waals surface area contributed by atoms with Gasteiger partial charge in [0.05, 0.1) is 0 Å². The summed E-state index contributed by atoms with van der Waals surface area (Å²) in [6.45, 7) is 2.80. The summed E-state index contributed by atoms with van der Waals surface area (Å²) in [7, 11) is 0. The number of carbonyl (C=O) groups excluding carboxylic acids is 1. The summed E-state index contributed by atoms with van der Waals surface area (Å²) in [4.78, 5) is 20.8. The molecule has 7 heteroatoms. The Morgan fingerprint density at radius 1 is 1.08 bits per heavy atom. The minimum atomic E-state index is -0.159. The fraction of sp³-hybridized carbons (Fsp3) is 0.105. The highest BCUT2D eigenvalue weighted by Crippen LogP contribution is 2.19. The molecule has 3 aromatic rings. The SMILES string of the molecule is CCNc1ccnc(Nc2ccc(NC(=O)c3cccc(Br)c3)cc2)n1. The lowest BCUT2D eigenvalue weighted by molar-refractivity contribution is 0.102. The van der Waals surface area contributed by atoms with E-state index in [1.807, 2.05) is 49.4 Å². The van der Waals surface area contributed by atoms with Gasteiger partial charge in [0.15, 0.2) is 0 Å². The highest BCUT2D eigenvalue weighted by molar-refractivity contribution is 9.10. The molecule has 6 nitrogen and oxygen atoms in total. The number of nitrogens with one attached hydrogen (secondary N) is 3. The lowest BCUT2D eigenvalue weighted by Crippen LogP contribution is -2.11. The molecule has 0 bridgehead atoms. The zero-order chi connectivity index (χ0) is 18.4. The quantitative estimate of drug-likeness (QED) is 0.549. The molecule has 3 rings (SSSR count). The number of benzene rings is 2. The van der Waals surface area contributed by atoms with E-state index in [0.29, 0.717) is 17.2 Å². The molecule has 132 valence electrons. The van der Waals surface area contributed by atoms with Crippen molar-refractivity contribution in [1.29, 1.82) is 0 Å². The standard InChI is InChI=1S/C19H18BrN5O/c1-2-21-17-10-11-22-19(25-17)24-16-8-6-15(7-9-16)23-18(26)13-4-3-5-14(20)12-13/h3-12H,2H2,1H3,(H,23,26)(H2,21,22,24,25). The number of carbonyl (C=O) groups is 1. The summed E-state index contributed by atoms with van der Waals surface area (Å²) < 4.78 is 0.865. The third-order valence-corrected chi connectivity index (χ3v) is 3.99. The van der Waals surface area contributed by atoms with E-state index in [1.54, 1.807) is 18.3 Å². The number of hydrogen-bond donors (Lipinski definition) is 3. The van der Waals surface area contributed by atoms with Crippen LogP contribution in [0, 0.1) is 0 Å². The second kappa shape index (κ2) is 8.44. The van der Waals surface area contributed by atoms with Crippen LogP contribution < -0.4 is 16.0 Å². The van der Waals surface area contributed by atoms with E-state index in [4.69, 9.17) is 0 Å². The van der Waals surface area contributed by atoms with Crippen LogP contribution in [0.15, 0.2) is 65.3 Å². The van der Waals surface area contributed by atoms with Gasteiger partial charge in [0, 0.05) is 34.2 Å². The van der Waals surface area contributed by atoms with E-state index in [2.05, 4.69) is 41.8 Å². The maximum Gasteiger partial charge on any atom is 0.255 e. The Bertz CT molecular complexity index is 898. The van der Waals surface area contributed by atoms with Crippen LogP contribution in [0.3, 0.4) is 0 Å². The predicted molar refractivity (Wildman–Crippen MR) is 108 cm³/mol. The molecule has 0 spiro atoms. The molecule has 0 radical (unpaired) electrons. The largest absolute Gasteiger partial charge is 0.370 e. The van der Waals surface area contributed by atoms with Crippen LogP contribution in [0.2, 0.25) is 0 Å². The lowest BCUT2D eigenvalue weighted by Gasteiger charge is -2.09.